The van der Waals surface area contributed by atoms with E-state index in [-0.39, 0.29) is 18.3 Å². The van der Waals surface area contributed by atoms with Crippen molar-refractivity contribution in [3.05, 3.63) is 0 Å². The lowest BCUT2D eigenvalue weighted by molar-refractivity contribution is -0.142. The average Bonchev–Trinajstić information content (AvgIpc) is 2.34. The molecule has 0 aromatic rings. The highest BCUT2D eigenvalue weighted by Crippen LogP contribution is 2.32. The van der Waals surface area contributed by atoms with Crippen molar-refractivity contribution >= 4 is 11.9 Å². The van der Waals surface area contributed by atoms with Gasteiger partial charge in [0.15, 0.2) is 0 Å². The second-order valence-corrected chi connectivity index (χ2v) is 3.31. The number of carboxylic acid groups (broad SMARTS) is 2. The predicted octanol–water partition coefficient (Wildman–Crippen LogP) is 0.962. The molecule has 0 bridgehead atoms. The Morgan fingerprint density at radius 2 is 1.92 bits per heavy atom. The molecule has 0 spiro atoms. The Balaban J connectivity index is 2.35. The minimum Gasteiger partial charge on any atom is -0.481 e. The van der Waals surface area contributed by atoms with Gasteiger partial charge in [0.05, 0.1) is 5.92 Å². The van der Waals surface area contributed by atoms with Gasteiger partial charge in [-0.1, -0.05) is 0 Å². The second kappa shape index (κ2) is 3.56. The van der Waals surface area contributed by atoms with Crippen molar-refractivity contribution in [2.24, 2.45) is 11.8 Å². The van der Waals surface area contributed by atoms with Crippen LogP contribution in [0.1, 0.15) is 25.7 Å². The van der Waals surface area contributed by atoms with E-state index < -0.39 is 11.9 Å². The van der Waals surface area contributed by atoms with Crippen LogP contribution in [0.2, 0.25) is 0 Å². The molecular weight excluding hydrogens is 160 g/mol. The fourth-order valence-corrected chi connectivity index (χ4v) is 1.73. The minimum absolute atomic E-state index is 0.0728. The molecule has 0 radical (unpaired) electrons. The van der Waals surface area contributed by atoms with E-state index in [1.165, 1.54) is 0 Å². The lowest BCUT2D eigenvalue weighted by Crippen LogP contribution is -2.10. The monoisotopic (exact) mass is 172 g/mol. The molecule has 1 saturated carbocycles. The summed E-state index contributed by atoms with van der Waals surface area (Å²) in [5.41, 5.74) is 0. The van der Waals surface area contributed by atoms with E-state index in [1.54, 1.807) is 0 Å². The molecule has 1 aliphatic carbocycles. The largest absolute Gasteiger partial charge is 0.481 e. The summed E-state index contributed by atoms with van der Waals surface area (Å²) in [6.07, 6.45) is 2.02. The molecule has 4 nitrogen and oxygen atoms in total. The second-order valence-electron chi connectivity index (χ2n) is 3.31. The van der Waals surface area contributed by atoms with Crippen molar-refractivity contribution in [2.75, 3.05) is 0 Å². The zero-order chi connectivity index (χ0) is 9.14. The van der Waals surface area contributed by atoms with Crippen LogP contribution in [0.15, 0.2) is 0 Å². The minimum atomic E-state index is -0.828. The van der Waals surface area contributed by atoms with Crippen LogP contribution in [-0.4, -0.2) is 22.2 Å². The standard InChI is InChI=1S/C8H12O4/c9-7(10)4-5-1-2-6(3-5)8(11)12/h5-6H,1-4H2,(H,9,10)(H,11,12)/t5-,6-/m1/s1. The summed E-state index contributed by atoms with van der Waals surface area (Å²) in [6, 6.07) is 0. The lowest BCUT2D eigenvalue weighted by atomic mass is 10.0. The molecule has 68 valence electrons. The first-order chi connectivity index (χ1) is 5.59. The highest BCUT2D eigenvalue weighted by Gasteiger charge is 2.30. The molecule has 0 amide bonds. The highest BCUT2D eigenvalue weighted by molar-refractivity contribution is 5.71. The molecule has 1 fully saturated rings. The van der Waals surface area contributed by atoms with Gasteiger partial charge in [-0.15, -0.1) is 0 Å². The third-order valence-corrected chi connectivity index (χ3v) is 2.35. The Hall–Kier alpha value is -1.06. The number of carboxylic acids is 2. The number of hydrogen-bond acceptors (Lipinski definition) is 2. The van der Waals surface area contributed by atoms with Gasteiger partial charge in [0, 0.05) is 6.42 Å². The molecule has 12 heavy (non-hydrogen) atoms. The third kappa shape index (κ3) is 2.22. The van der Waals surface area contributed by atoms with Crippen molar-refractivity contribution in [3.63, 3.8) is 0 Å². The molecule has 0 unspecified atom stereocenters. The summed E-state index contributed by atoms with van der Waals surface area (Å²) in [4.78, 5) is 20.8. The molecule has 1 rings (SSSR count). The van der Waals surface area contributed by atoms with E-state index in [0.717, 1.165) is 6.42 Å². The lowest BCUT2D eigenvalue weighted by Gasteiger charge is -2.04. The van der Waals surface area contributed by atoms with Crippen molar-refractivity contribution in [1.82, 2.24) is 0 Å². The summed E-state index contributed by atoms with van der Waals surface area (Å²) in [5.74, 6) is -1.85. The van der Waals surface area contributed by atoms with Crippen LogP contribution < -0.4 is 0 Å². The molecular formula is C8H12O4. The van der Waals surface area contributed by atoms with E-state index in [9.17, 15) is 9.59 Å². The summed E-state index contributed by atoms with van der Waals surface area (Å²) >= 11 is 0. The van der Waals surface area contributed by atoms with Crippen LogP contribution in [0.3, 0.4) is 0 Å². The van der Waals surface area contributed by atoms with E-state index in [0.29, 0.717) is 12.8 Å². The topological polar surface area (TPSA) is 74.6 Å². The fraction of sp³-hybridized carbons (Fsp3) is 0.750. The summed E-state index contributed by atoms with van der Waals surface area (Å²) in [7, 11) is 0. The SMILES string of the molecule is O=C(O)C[C@@H]1CC[C@@H](C(=O)O)C1. The van der Waals surface area contributed by atoms with Gasteiger partial charge in [-0.3, -0.25) is 9.59 Å². The Kier molecular flexibility index (Phi) is 2.68. The van der Waals surface area contributed by atoms with Gasteiger partial charge in [-0.25, -0.2) is 0 Å². The molecule has 0 aromatic heterocycles. The first-order valence-electron chi connectivity index (χ1n) is 4.04. The maximum absolute atomic E-state index is 10.5. The van der Waals surface area contributed by atoms with Crippen LogP contribution in [0, 0.1) is 11.8 Å². The van der Waals surface area contributed by atoms with Crippen LogP contribution in [0.5, 0.6) is 0 Å². The molecule has 0 aromatic carbocycles. The summed E-state index contributed by atoms with van der Waals surface area (Å²) < 4.78 is 0. The Morgan fingerprint density at radius 1 is 1.25 bits per heavy atom. The van der Waals surface area contributed by atoms with Crippen LogP contribution in [-0.2, 0) is 9.59 Å². The van der Waals surface area contributed by atoms with Gasteiger partial charge in [-0.2, -0.15) is 0 Å². The van der Waals surface area contributed by atoms with E-state index in [1.807, 2.05) is 0 Å². The molecule has 0 heterocycles. The van der Waals surface area contributed by atoms with Gasteiger partial charge in [-0.05, 0) is 25.2 Å². The van der Waals surface area contributed by atoms with Crippen LogP contribution in [0.4, 0.5) is 0 Å². The Labute approximate surface area is 70.2 Å². The van der Waals surface area contributed by atoms with Crippen LogP contribution in [0.25, 0.3) is 0 Å². The molecule has 2 N–H and O–H groups in total. The predicted molar refractivity (Wildman–Crippen MR) is 40.7 cm³/mol. The zero-order valence-corrected chi connectivity index (χ0v) is 6.69. The van der Waals surface area contributed by atoms with E-state index >= 15 is 0 Å². The molecule has 0 saturated heterocycles. The Morgan fingerprint density at radius 3 is 2.33 bits per heavy atom. The normalized spacial score (nSPS) is 28.7. The van der Waals surface area contributed by atoms with Crippen molar-refractivity contribution in [1.29, 1.82) is 0 Å². The first-order valence-corrected chi connectivity index (χ1v) is 4.04. The Bertz CT molecular complexity index is 199. The van der Waals surface area contributed by atoms with Gasteiger partial charge >= 0.3 is 11.9 Å². The maximum Gasteiger partial charge on any atom is 0.306 e. The quantitative estimate of drug-likeness (QED) is 0.665. The number of rotatable bonds is 3. The number of aliphatic carboxylic acids is 2. The van der Waals surface area contributed by atoms with E-state index in [4.69, 9.17) is 10.2 Å². The molecule has 2 atom stereocenters. The van der Waals surface area contributed by atoms with E-state index in [2.05, 4.69) is 0 Å². The smallest absolute Gasteiger partial charge is 0.306 e. The van der Waals surface area contributed by atoms with Gasteiger partial charge in [0.2, 0.25) is 0 Å². The molecule has 1 aliphatic rings. The number of hydrogen-bond donors (Lipinski definition) is 2. The van der Waals surface area contributed by atoms with Gasteiger partial charge in [0.25, 0.3) is 0 Å². The van der Waals surface area contributed by atoms with Crippen molar-refractivity contribution < 1.29 is 19.8 Å². The summed E-state index contributed by atoms with van der Waals surface area (Å²) in [5, 5.41) is 17.1. The van der Waals surface area contributed by atoms with Gasteiger partial charge in [0.1, 0.15) is 0 Å². The van der Waals surface area contributed by atoms with Crippen molar-refractivity contribution in [3.8, 4) is 0 Å². The van der Waals surface area contributed by atoms with Crippen LogP contribution >= 0.6 is 0 Å². The van der Waals surface area contributed by atoms with Crippen molar-refractivity contribution in [2.45, 2.75) is 25.7 Å². The zero-order valence-electron chi connectivity index (χ0n) is 6.69. The fourth-order valence-electron chi connectivity index (χ4n) is 1.73. The molecule has 0 aliphatic heterocycles. The highest BCUT2D eigenvalue weighted by atomic mass is 16.4. The third-order valence-electron chi connectivity index (χ3n) is 2.35. The summed E-state index contributed by atoms with van der Waals surface area (Å²) in [6.45, 7) is 0. The maximum atomic E-state index is 10.5. The van der Waals surface area contributed by atoms with Gasteiger partial charge < -0.3 is 10.2 Å². The molecule has 4 heteroatoms. The number of carbonyl (C=O) groups is 2. The average molecular weight is 172 g/mol. The first kappa shape index (κ1) is 9.03.